The summed E-state index contributed by atoms with van der Waals surface area (Å²) in [6, 6.07) is 11.4. The maximum absolute atomic E-state index is 8.63. The van der Waals surface area contributed by atoms with E-state index in [9.17, 15) is 0 Å². The summed E-state index contributed by atoms with van der Waals surface area (Å²) in [5.41, 5.74) is 3.31. The Balaban J connectivity index is 2.07. The molecule has 0 fully saturated rings. The maximum atomic E-state index is 8.63. The van der Waals surface area contributed by atoms with Gasteiger partial charge in [-0.05, 0) is 78.5 Å². The number of hydrogen-bond donors (Lipinski definition) is 0. The topological polar surface area (TPSA) is 0 Å². The van der Waals surface area contributed by atoms with Crippen molar-refractivity contribution in [3.8, 4) is 11.1 Å². The van der Waals surface area contributed by atoms with Crippen LogP contribution in [-0.2, 0) is 0 Å². The summed E-state index contributed by atoms with van der Waals surface area (Å²) in [6.07, 6.45) is 0. The Morgan fingerprint density at radius 3 is 1.83 bits per heavy atom. The number of halogens is 1. The van der Waals surface area contributed by atoms with Gasteiger partial charge in [-0.25, -0.2) is 0 Å². The molecule has 5 aromatic carbocycles. The lowest BCUT2D eigenvalue weighted by Gasteiger charge is -2.22. The van der Waals surface area contributed by atoms with Crippen molar-refractivity contribution in [2.45, 2.75) is 39.5 Å². The molecule has 0 radical (unpaired) electrons. The van der Waals surface area contributed by atoms with Gasteiger partial charge in [-0.15, -0.1) is 0 Å². The standard InChI is InChI=1S/C28H25Br/c1-16(2)23-14-25(18-8-6-5-7-9-18)21-11-10-20-24(17(3)4)15-26(29)22-13-12-19(23)27(21)28(20)22/h5-17H,1-4H3/i5D,6D,7D,8D,9D. The molecule has 0 N–H and O–H groups in total. The zero-order valence-electron chi connectivity index (χ0n) is 22.0. The first-order chi connectivity index (χ1) is 16.0. The van der Waals surface area contributed by atoms with Crippen molar-refractivity contribution in [1.29, 1.82) is 0 Å². The van der Waals surface area contributed by atoms with Gasteiger partial charge in [0.25, 0.3) is 0 Å². The molecule has 1 heteroatoms. The van der Waals surface area contributed by atoms with E-state index in [2.05, 4.69) is 74.0 Å². The van der Waals surface area contributed by atoms with E-state index in [4.69, 9.17) is 6.85 Å². The first-order valence-electron chi connectivity index (χ1n) is 12.6. The summed E-state index contributed by atoms with van der Waals surface area (Å²) in [5, 5.41) is 6.61. The largest absolute Gasteiger partial charge is 0.0629 e. The fourth-order valence-electron chi connectivity index (χ4n) is 4.55. The van der Waals surface area contributed by atoms with Gasteiger partial charge in [0.1, 0.15) is 0 Å². The molecule has 144 valence electrons. The van der Waals surface area contributed by atoms with Crippen LogP contribution in [0.15, 0.2) is 71.1 Å². The molecule has 0 saturated carbocycles. The van der Waals surface area contributed by atoms with Crippen molar-refractivity contribution in [2.75, 3.05) is 0 Å². The molecule has 0 aliphatic carbocycles. The third kappa shape index (κ3) is 2.79. The molecular weight excluding hydrogens is 416 g/mol. The zero-order chi connectivity index (χ0) is 24.6. The lowest BCUT2D eigenvalue weighted by Crippen LogP contribution is -1.97. The van der Waals surface area contributed by atoms with Gasteiger partial charge in [-0.1, -0.05) is 98.1 Å². The van der Waals surface area contributed by atoms with Crippen molar-refractivity contribution in [2.24, 2.45) is 0 Å². The average Bonchev–Trinajstić information content (AvgIpc) is 2.80. The highest BCUT2D eigenvalue weighted by Crippen LogP contribution is 2.45. The van der Waals surface area contributed by atoms with Gasteiger partial charge in [-0.2, -0.15) is 0 Å². The average molecular weight is 446 g/mol. The van der Waals surface area contributed by atoms with Crippen LogP contribution in [0, 0.1) is 0 Å². The molecule has 0 bridgehead atoms. The summed E-state index contributed by atoms with van der Waals surface area (Å²) in [4.78, 5) is 0. The molecule has 5 aromatic rings. The lowest BCUT2D eigenvalue weighted by molar-refractivity contribution is 0.875. The minimum atomic E-state index is -0.369. The van der Waals surface area contributed by atoms with Crippen molar-refractivity contribution in [1.82, 2.24) is 0 Å². The summed E-state index contributed by atoms with van der Waals surface area (Å²) in [6.45, 7) is 8.65. The molecule has 0 spiro atoms. The third-order valence-corrected chi connectivity index (χ3v) is 6.58. The van der Waals surface area contributed by atoms with Gasteiger partial charge >= 0.3 is 0 Å². The Bertz CT molecular complexity index is 1590. The van der Waals surface area contributed by atoms with E-state index in [0.29, 0.717) is 11.5 Å². The molecular formula is C28H25Br. The van der Waals surface area contributed by atoms with Gasteiger partial charge in [0.05, 0.1) is 6.85 Å². The van der Waals surface area contributed by atoms with Crippen LogP contribution in [0.1, 0.15) is 57.5 Å². The van der Waals surface area contributed by atoms with Gasteiger partial charge in [-0.3, -0.25) is 0 Å². The van der Waals surface area contributed by atoms with E-state index >= 15 is 0 Å². The fourth-order valence-corrected chi connectivity index (χ4v) is 5.13. The van der Waals surface area contributed by atoms with Crippen LogP contribution in [0.25, 0.3) is 43.4 Å². The fraction of sp³-hybridized carbons (Fsp3) is 0.214. The minimum absolute atomic E-state index is 0.167. The van der Waals surface area contributed by atoms with Gasteiger partial charge < -0.3 is 0 Å². The Labute approximate surface area is 188 Å². The van der Waals surface area contributed by atoms with Crippen LogP contribution in [0.3, 0.4) is 0 Å². The Morgan fingerprint density at radius 2 is 1.21 bits per heavy atom. The molecule has 5 rings (SSSR count). The van der Waals surface area contributed by atoms with E-state index in [1.54, 1.807) is 0 Å². The van der Waals surface area contributed by atoms with Gasteiger partial charge in [0, 0.05) is 4.47 Å². The summed E-state index contributed by atoms with van der Waals surface area (Å²) < 4.78 is 42.8. The van der Waals surface area contributed by atoms with Crippen LogP contribution in [-0.4, -0.2) is 0 Å². The Hall–Kier alpha value is -2.38. The van der Waals surface area contributed by atoms with Crippen LogP contribution in [0.4, 0.5) is 0 Å². The quantitative estimate of drug-likeness (QED) is 0.242. The highest BCUT2D eigenvalue weighted by molar-refractivity contribution is 9.10. The molecule has 0 atom stereocenters. The minimum Gasteiger partial charge on any atom is -0.0622 e. The predicted octanol–water partition coefficient (Wildman–Crippen LogP) is 9.26. The Kier molecular flexibility index (Phi) is 3.25. The second-order valence-corrected chi connectivity index (χ2v) is 9.20. The Morgan fingerprint density at radius 1 is 0.690 bits per heavy atom. The number of hydrogen-bond acceptors (Lipinski definition) is 0. The highest BCUT2D eigenvalue weighted by atomic mass is 79.9. The predicted molar refractivity (Wildman–Crippen MR) is 131 cm³/mol. The van der Waals surface area contributed by atoms with Crippen molar-refractivity contribution in [3.63, 3.8) is 0 Å². The summed E-state index contributed by atoms with van der Waals surface area (Å²) >= 11 is 3.79. The molecule has 0 aromatic heterocycles. The first-order valence-corrected chi connectivity index (χ1v) is 10.8. The molecule has 29 heavy (non-hydrogen) atoms. The first kappa shape index (κ1) is 13.8. The highest BCUT2D eigenvalue weighted by Gasteiger charge is 2.19. The van der Waals surface area contributed by atoms with Crippen LogP contribution in [0.2, 0.25) is 0 Å². The van der Waals surface area contributed by atoms with Crippen molar-refractivity contribution in [3.05, 3.63) is 82.2 Å². The van der Waals surface area contributed by atoms with Gasteiger partial charge in [0.2, 0.25) is 0 Å². The molecule has 0 heterocycles. The second-order valence-electron chi connectivity index (χ2n) is 8.34. The molecule has 0 unspecified atom stereocenters. The molecule has 0 amide bonds. The third-order valence-electron chi connectivity index (χ3n) is 5.93. The van der Waals surface area contributed by atoms with Crippen molar-refractivity contribution < 1.29 is 6.85 Å². The van der Waals surface area contributed by atoms with Crippen LogP contribution in [0.5, 0.6) is 0 Å². The monoisotopic (exact) mass is 445 g/mol. The van der Waals surface area contributed by atoms with E-state index < -0.39 is 0 Å². The normalized spacial score (nSPS) is 14.7. The lowest BCUT2D eigenvalue weighted by atomic mass is 9.83. The number of benzene rings is 5. The van der Waals surface area contributed by atoms with E-state index in [-0.39, 0.29) is 41.7 Å². The second kappa shape index (κ2) is 6.85. The van der Waals surface area contributed by atoms with E-state index in [1.807, 2.05) is 6.07 Å². The van der Waals surface area contributed by atoms with E-state index in [0.717, 1.165) is 37.0 Å². The summed E-state index contributed by atoms with van der Waals surface area (Å²) in [5.74, 6) is 0.534. The van der Waals surface area contributed by atoms with Crippen LogP contribution < -0.4 is 0 Å². The molecule has 0 saturated heterocycles. The molecule has 0 aliphatic heterocycles. The smallest absolute Gasteiger partial charge is 0.0622 e. The molecule has 0 nitrogen and oxygen atoms in total. The number of rotatable bonds is 3. The van der Waals surface area contributed by atoms with Crippen LogP contribution >= 0.6 is 15.9 Å². The zero-order valence-corrected chi connectivity index (χ0v) is 18.6. The van der Waals surface area contributed by atoms with E-state index in [1.165, 1.54) is 10.9 Å². The molecule has 0 aliphatic rings. The maximum Gasteiger partial charge on any atom is 0.0629 e. The summed E-state index contributed by atoms with van der Waals surface area (Å²) in [7, 11) is 0. The van der Waals surface area contributed by atoms with Gasteiger partial charge in [0.15, 0.2) is 0 Å². The SMILES string of the molecule is [2H]c1c([2H])c([2H])c(-c2cc(C(C)C)c3ccc4c(Br)cc(C(C)C)c5ccc2c3c45)c([2H])c1[2H]. The van der Waals surface area contributed by atoms with Crippen molar-refractivity contribution >= 4 is 48.2 Å².